The van der Waals surface area contributed by atoms with E-state index in [1.807, 2.05) is 0 Å². The van der Waals surface area contributed by atoms with Crippen molar-refractivity contribution in [3.63, 3.8) is 0 Å². The summed E-state index contributed by atoms with van der Waals surface area (Å²) in [7, 11) is 2.24. The molecule has 0 amide bonds. The summed E-state index contributed by atoms with van der Waals surface area (Å²) in [6, 6.07) is 0.707. The highest BCUT2D eigenvalue weighted by Crippen LogP contribution is 2.35. The van der Waals surface area contributed by atoms with E-state index in [1.54, 1.807) is 0 Å². The van der Waals surface area contributed by atoms with Gasteiger partial charge in [0.1, 0.15) is 0 Å². The van der Waals surface area contributed by atoms with Crippen LogP contribution in [0.25, 0.3) is 0 Å². The molecule has 1 atom stereocenters. The number of aliphatic hydroxyl groups is 1. The first kappa shape index (κ1) is 14.3. The summed E-state index contributed by atoms with van der Waals surface area (Å²) >= 11 is 0. The lowest BCUT2D eigenvalue weighted by Crippen LogP contribution is -2.46. The minimum atomic E-state index is 0.186. The Morgan fingerprint density at radius 2 is 1.94 bits per heavy atom. The van der Waals surface area contributed by atoms with Gasteiger partial charge in [-0.2, -0.15) is 0 Å². The molecule has 0 radical (unpaired) electrons. The Kier molecular flexibility index (Phi) is 5.46. The summed E-state index contributed by atoms with van der Waals surface area (Å²) < 4.78 is 0. The second kappa shape index (κ2) is 6.88. The molecule has 18 heavy (non-hydrogen) atoms. The Morgan fingerprint density at radius 3 is 2.61 bits per heavy atom. The Morgan fingerprint density at radius 1 is 1.17 bits per heavy atom. The molecule has 0 spiro atoms. The quantitative estimate of drug-likeness (QED) is 0.788. The maximum Gasteiger partial charge on any atom is 0.0499 e. The third kappa shape index (κ3) is 3.69. The van der Waals surface area contributed by atoms with Crippen molar-refractivity contribution in [2.24, 2.45) is 5.41 Å². The average molecular weight is 254 g/mol. The van der Waals surface area contributed by atoms with Crippen LogP contribution in [0.15, 0.2) is 0 Å². The van der Waals surface area contributed by atoms with Gasteiger partial charge < -0.3 is 15.3 Å². The van der Waals surface area contributed by atoms with Gasteiger partial charge in [-0.05, 0) is 39.3 Å². The third-order valence-electron chi connectivity index (χ3n) is 5.05. The molecule has 2 fully saturated rings. The van der Waals surface area contributed by atoms with Gasteiger partial charge in [0.15, 0.2) is 0 Å². The summed E-state index contributed by atoms with van der Waals surface area (Å²) in [5.74, 6) is 0. The first-order valence-electron chi connectivity index (χ1n) is 7.78. The number of aliphatic hydroxyl groups excluding tert-OH is 1. The minimum absolute atomic E-state index is 0.186. The molecule has 1 saturated carbocycles. The van der Waals surface area contributed by atoms with Crippen molar-refractivity contribution in [3.05, 3.63) is 0 Å². The van der Waals surface area contributed by atoms with Gasteiger partial charge in [0.05, 0.1) is 0 Å². The fourth-order valence-corrected chi connectivity index (χ4v) is 3.60. The smallest absolute Gasteiger partial charge is 0.0499 e. The first-order chi connectivity index (χ1) is 8.76. The summed E-state index contributed by atoms with van der Waals surface area (Å²) in [5, 5.41) is 13.3. The summed E-state index contributed by atoms with van der Waals surface area (Å²) in [4.78, 5) is 2.49. The molecule has 3 heteroatoms. The topological polar surface area (TPSA) is 35.5 Å². The summed E-state index contributed by atoms with van der Waals surface area (Å²) in [6.45, 7) is 3.71. The SMILES string of the molecule is CN1CCCCC1CNCC1(CO)CCCCC1. The fourth-order valence-electron chi connectivity index (χ4n) is 3.60. The van der Waals surface area contributed by atoms with E-state index in [1.165, 1.54) is 57.9 Å². The van der Waals surface area contributed by atoms with Crippen molar-refractivity contribution < 1.29 is 5.11 Å². The Balaban J connectivity index is 1.72. The monoisotopic (exact) mass is 254 g/mol. The zero-order chi connectivity index (χ0) is 12.8. The molecular formula is C15H30N2O. The number of nitrogens with zero attached hydrogens (tertiary/aromatic N) is 1. The summed E-state index contributed by atoms with van der Waals surface area (Å²) in [6.07, 6.45) is 10.4. The molecular weight excluding hydrogens is 224 g/mol. The van der Waals surface area contributed by atoms with Crippen LogP contribution < -0.4 is 5.32 Å². The van der Waals surface area contributed by atoms with Crippen LogP contribution in [0.2, 0.25) is 0 Å². The van der Waals surface area contributed by atoms with Crippen LogP contribution in [0, 0.1) is 5.41 Å². The van der Waals surface area contributed by atoms with Crippen molar-refractivity contribution >= 4 is 0 Å². The molecule has 0 aromatic heterocycles. The zero-order valence-corrected chi connectivity index (χ0v) is 12.0. The molecule has 2 rings (SSSR count). The molecule has 1 aliphatic carbocycles. The number of hydrogen-bond acceptors (Lipinski definition) is 3. The van der Waals surface area contributed by atoms with Gasteiger partial charge in [-0.1, -0.05) is 25.7 Å². The van der Waals surface area contributed by atoms with E-state index in [2.05, 4.69) is 17.3 Å². The van der Waals surface area contributed by atoms with Gasteiger partial charge in [-0.3, -0.25) is 0 Å². The largest absolute Gasteiger partial charge is 0.396 e. The molecule has 0 bridgehead atoms. The number of likely N-dealkylation sites (N-methyl/N-ethyl adjacent to an activating group) is 1. The van der Waals surface area contributed by atoms with E-state index < -0.39 is 0 Å². The molecule has 106 valence electrons. The Labute approximate surface area is 112 Å². The molecule has 1 saturated heterocycles. The van der Waals surface area contributed by atoms with Gasteiger partial charge in [0.25, 0.3) is 0 Å². The molecule has 0 aromatic rings. The molecule has 2 N–H and O–H groups in total. The second-order valence-corrected chi connectivity index (χ2v) is 6.48. The average Bonchev–Trinajstić information content (AvgIpc) is 2.42. The van der Waals surface area contributed by atoms with E-state index in [9.17, 15) is 5.11 Å². The van der Waals surface area contributed by atoms with E-state index in [0.29, 0.717) is 12.6 Å². The van der Waals surface area contributed by atoms with Gasteiger partial charge in [-0.15, -0.1) is 0 Å². The van der Waals surface area contributed by atoms with Crippen LogP contribution in [0.5, 0.6) is 0 Å². The minimum Gasteiger partial charge on any atom is -0.396 e. The van der Waals surface area contributed by atoms with Crippen LogP contribution in [-0.2, 0) is 0 Å². The van der Waals surface area contributed by atoms with Gasteiger partial charge in [0, 0.05) is 31.2 Å². The number of likely N-dealkylation sites (tertiary alicyclic amines) is 1. The number of rotatable bonds is 5. The highest BCUT2D eigenvalue weighted by Gasteiger charge is 2.31. The van der Waals surface area contributed by atoms with Gasteiger partial charge in [-0.25, -0.2) is 0 Å². The van der Waals surface area contributed by atoms with Gasteiger partial charge >= 0.3 is 0 Å². The van der Waals surface area contributed by atoms with E-state index in [0.717, 1.165) is 13.1 Å². The molecule has 0 aromatic carbocycles. The maximum absolute atomic E-state index is 9.68. The van der Waals surface area contributed by atoms with Gasteiger partial charge in [0.2, 0.25) is 0 Å². The molecule has 1 aliphatic heterocycles. The predicted molar refractivity (Wildman–Crippen MR) is 75.7 cm³/mol. The maximum atomic E-state index is 9.68. The van der Waals surface area contributed by atoms with Crippen LogP contribution >= 0.6 is 0 Å². The molecule has 3 nitrogen and oxygen atoms in total. The third-order valence-corrected chi connectivity index (χ3v) is 5.05. The van der Waals surface area contributed by atoms with E-state index in [-0.39, 0.29) is 5.41 Å². The molecule has 1 heterocycles. The van der Waals surface area contributed by atoms with Crippen molar-refractivity contribution in [2.75, 3.05) is 33.3 Å². The Hall–Kier alpha value is -0.120. The van der Waals surface area contributed by atoms with E-state index >= 15 is 0 Å². The lowest BCUT2D eigenvalue weighted by Gasteiger charge is -2.38. The predicted octanol–water partition coefficient (Wildman–Crippen LogP) is 2.00. The van der Waals surface area contributed by atoms with Crippen molar-refractivity contribution in [1.29, 1.82) is 0 Å². The molecule has 2 aliphatic rings. The fraction of sp³-hybridized carbons (Fsp3) is 1.00. The first-order valence-corrected chi connectivity index (χ1v) is 7.78. The van der Waals surface area contributed by atoms with Crippen molar-refractivity contribution in [3.8, 4) is 0 Å². The normalized spacial score (nSPS) is 29.3. The van der Waals surface area contributed by atoms with Crippen molar-refractivity contribution in [2.45, 2.75) is 57.4 Å². The lowest BCUT2D eigenvalue weighted by atomic mass is 9.74. The number of piperidine rings is 1. The highest BCUT2D eigenvalue weighted by atomic mass is 16.3. The van der Waals surface area contributed by atoms with E-state index in [4.69, 9.17) is 0 Å². The van der Waals surface area contributed by atoms with Crippen LogP contribution in [0.1, 0.15) is 51.4 Å². The van der Waals surface area contributed by atoms with Crippen LogP contribution in [0.3, 0.4) is 0 Å². The lowest BCUT2D eigenvalue weighted by molar-refractivity contribution is 0.0774. The number of hydrogen-bond donors (Lipinski definition) is 2. The molecule has 1 unspecified atom stereocenters. The second-order valence-electron chi connectivity index (χ2n) is 6.48. The zero-order valence-electron chi connectivity index (χ0n) is 12.0. The summed E-state index contributed by atoms with van der Waals surface area (Å²) in [5.41, 5.74) is 0.186. The number of nitrogens with one attached hydrogen (secondary N) is 1. The van der Waals surface area contributed by atoms with Crippen LogP contribution in [-0.4, -0.2) is 49.3 Å². The Bertz CT molecular complexity index is 239. The standard InChI is InChI=1S/C15H30N2O/c1-17-10-6-3-7-14(17)11-16-12-15(13-18)8-4-2-5-9-15/h14,16,18H,2-13H2,1H3. The highest BCUT2D eigenvalue weighted by molar-refractivity contribution is 4.85. The van der Waals surface area contributed by atoms with Crippen LogP contribution in [0.4, 0.5) is 0 Å². The van der Waals surface area contributed by atoms with Crippen molar-refractivity contribution in [1.82, 2.24) is 10.2 Å².